The van der Waals surface area contributed by atoms with E-state index in [-0.39, 0.29) is 24.8 Å². The number of nitrogens with zero attached hydrogens (tertiary/aromatic N) is 4. The number of benzene rings is 1. The number of nitrogens with two attached hydrogens (primary N) is 1. The highest BCUT2D eigenvalue weighted by Crippen LogP contribution is 2.62. The summed E-state index contributed by atoms with van der Waals surface area (Å²) in [6.45, 7) is 1.83. The Morgan fingerprint density at radius 1 is 1.34 bits per heavy atom. The third-order valence-electron chi connectivity index (χ3n) is 7.08. The van der Waals surface area contributed by atoms with Crippen molar-refractivity contribution in [2.45, 2.75) is 43.6 Å². The molecule has 2 amide bonds. The smallest absolute Gasteiger partial charge is 0.248 e. The van der Waals surface area contributed by atoms with E-state index in [0.29, 0.717) is 33.7 Å². The monoisotopic (exact) mass is 493 g/mol. The van der Waals surface area contributed by atoms with Gasteiger partial charge in [0.2, 0.25) is 11.8 Å². The van der Waals surface area contributed by atoms with Gasteiger partial charge in [0, 0.05) is 29.7 Å². The van der Waals surface area contributed by atoms with Gasteiger partial charge in [0.05, 0.1) is 24.0 Å². The highest BCUT2D eigenvalue weighted by Gasteiger charge is 2.76. The van der Waals surface area contributed by atoms with Crippen molar-refractivity contribution < 1.29 is 19.8 Å². The van der Waals surface area contributed by atoms with Crippen molar-refractivity contribution in [3.63, 3.8) is 0 Å². The predicted octanol–water partition coefficient (Wildman–Crippen LogP) is 1.51. The number of aliphatic hydroxyl groups excluding tert-OH is 1. The van der Waals surface area contributed by atoms with Crippen LogP contribution in [0.4, 0.5) is 0 Å². The predicted molar refractivity (Wildman–Crippen MR) is 128 cm³/mol. The van der Waals surface area contributed by atoms with E-state index in [1.807, 2.05) is 4.57 Å². The van der Waals surface area contributed by atoms with Gasteiger partial charge in [-0.3, -0.25) is 9.59 Å². The van der Waals surface area contributed by atoms with Crippen LogP contribution in [-0.2, 0) is 4.79 Å². The van der Waals surface area contributed by atoms with Crippen molar-refractivity contribution in [1.82, 2.24) is 19.4 Å². The molecule has 3 aromatic rings. The first-order valence-electron chi connectivity index (χ1n) is 11.3. The number of aliphatic hydroxyl groups is 2. The average Bonchev–Trinajstić information content (AvgIpc) is 3.11. The van der Waals surface area contributed by atoms with Crippen molar-refractivity contribution in [2.24, 2.45) is 11.7 Å². The molecule has 35 heavy (non-hydrogen) atoms. The zero-order valence-electron chi connectivity index (χ0n) is 18.9. The molecule has 5 atom stereocenters. The van der Waals surface area contributed by atoms with E-state index >= 15 is 0 Å². The van der Waals surface area contributed by atoms with Crippen molar-refractivity contribution in [1.29, 1.82) is 0 Å². The summed E-state index contributed by atoms with van der Waals surface area (Å²) >= 11 is 6.15. The van der Waals surface area contributed by atoms with Gasteiger partial charge in [-0.1, -0.05) is 36.4 Å². The van der Waals surface area contributed by atoms with Crippen LogP contribution in [0.1, 0.15) is 41.7 Å². The molecule has 0 saturated heterocycles. The number of halogens is 1. The van der Waals surface area contributed by atoms with Crippen LogP contribution in [0, 0.1) is 17.8 Å². The van der Waals surface area contributed by atoms with Gasteiger partial charge in [0.15, 0.2) is 0 Å². The van der Waals surface area contributed by atoms with E-state index in [4.69, 9.17) is 17.3 Å². The minimum absolute atomic E-state index is 0.0869. The third-order valence-corrected chi connectivity index (χ3v) is 7.38. The van der Waals surface area contributed by atoms with Crippen LogP contribution < -0.4 is 5.73 Å². The van der Waals surface area contributed by atoms with E-state index in [0.717, 1.165) is 0 Å². The number of carbonyl (C=O) groups is 2. The Labute approximate surface area is 206 Å². The molecule has 0 spiro atoms. The van der Waals surface area contributed by atoms with E-state index in [9.17, 15) is 19.8 Å². The molecule has 2 aliphatic rings. The quantitative estimate of drug-likeness (QED) is 0.364. The average molecular weight is 494 g/mol. The van der Waals surface area contributed by atoms with E-state index in [1.165, 1.54) is 6.33 Å². The van der Waals surface area contributed by atoms with Gasteiger partial charge in [-0.15, -0.1) is 0 Å². The number of fused-ring (bicyclic) bond motifs is 2. The Morgan fingerprint density at radius 2 is 2.14 bits per heavy atom. The van der Waals surface area contributed by atoms with Crippen molar-refractivity contribution in [3.05, 3.63) is 59.1 Å². The van der Waals surface area contributed by atoms with E-state index in [2.05, 4.69) is 21.8 Å². The molecule has 5 rings (SSSR count). The fraction of sp³-hybridized carbons (Fsp3) is 0.360. The first kappa shape index (κ1) is 23.3. The summed E-state index contributed by atoms with van der Waals surface area (Å²) < 4.78 is 1.81. The Bertz CT molecular complexity index is 1400. The molecule has 2 fully saturated rings. The summed E-state index contributed by atoms with van der Waals surface area (Å²) in [6.07, 6.45) is 2.75. The van der Waals surface area contributed by atoms with Crippen molar-refractivity contribution in [2.75, 3.05) is 6.54 Å². The highest BCUT2D eigenvalue weighted by atomic mass is 35.5. The topological polar surface area (TPSA) is 135 Å². The molecule has 2 aliphatic carbocycles. The minimum atomic E-state index is -1.43. The van der Waals surface area contributed by atoms with Gasteiger partial charge in [-0.2, -0.15) is 0 Å². The molecule has 0 bridgehead atoms. The zero-order chi connectivity index (χ0) is 24.9. The lowest BCUT2D eigenvalue weighted by atomic mass is 10.0. The van der Waals surface area contributed by atoms with Crippen LogP contribution >= 0.6 is 11.6 Å². The lowest BCUT2D eigenvalue weighted by Crippen LogP contribution is -2.45. The zero-order valence-corrected chi connectivity index (χ0v) is 19.7. The second-order valence-corrected chi connectivity index (χ2v) is 9.29. The molecule has 2 heterocycles. The molecule has 2 aromatic heterocycles. The van der Waals surface area contributed by atoms with Crippen molar-refractivity contribution >= 4 is 34.4 Å². The molecule has 9 nitrogen and oxygen atoms in total. The molecular formula is C25H24ClN5O4. The number of aromatic nitrogens is 3. The van der Waals surface area contributed by atoms with Crippen LogP contribution in [0.5, 0.6) is 0 Å². The van der Waals surface area contributed by atoms with Gasteiger partial charge >= 0.3 is 0 Å². The standard InChI is InChI=1S/C25H24ClN5O4/c1-2-19(32)31(9-4-6-14-5-3-7-15(11-14)23(27)34)20-17-12-18(21(33)25(17,20)35)30-10-8-16-22(26)28-13-29-24(16)30/h3,5,7-8,10-11,13,17-18,20-21,33,35H,2,9,12H2,1H3,(H2,27,34)/t17-,18-,20?,21+,25+/m1/s1. The van der Waals surface area contributed by atoms with Gasteiger partial charge < -0.3 is 25.4 Å². The minimum Gasteiger partial charge on any atom is -0.388 e. The number of amides is 2. The van der Waals surface area contributed by atoms with Crippen LogP contribution in [-0.4, -0.2) is 65.8 Å². The molecule has 2 saturated carbocycles. The van der Waals surface area contributed by atoms with Gasteiger partial charge in [-0.05, 0) is 30.7 Å². The van der Waals surface area contributed by atoms with Gasteiger partial charge in [0.25, 0.3) is 0 Å². The van der Waals surface area contributed by atoms with Crippen LogP contribution in [0.2, 0.25) is 5.15 Å². The van der Waals surface area contributed by atoms with Crippen molar-refractivity contribution in [3.8, 4) is 11.8 Å². The summed E-state index contributed by atoms with van der Waals surface area (Å²) in [4.78, 5) is 34.0. The maximum atomic E-state index is 12.7. The SMILES string of the molecule is CCC(=O)N(CC#Cc1cccc(C(N)=O)c1)C1[C@H]2C[C@@H](n3ccc4c(Cl)ncnc43)[C@H](O)[C@@]12O. The maximum Gasteiger partial charge on any atom is 0.248 e. The molecule has 1 aromatic carbocycles. The summed E-state index contributed by atoms with van der Waals surface area (Å²) in [5, 5.41) is 23.6. The number of hydrogen-bond acceptors (Lipinski definition) is 6. The molecule has 4 N–H and O–H groups in total. The second kappa shape index (κ2) is 8.64. The van der Waals surface area contributed by atoms with Gasteiger partial charge in [-0.25, -0.2) is 9.97 Å². The Kier molecular flexibility index (Phi) is 5.75. The van der Waals surface area contributed by atoms with Gasteiger partial charge in [0.1, 0.15) is 28.8 Å². The number of hydrogen-bond donors (Lipinski definition) is 3. The summed E-state index contributed by atoms with van der Waals surface area (Å²) in [6, 6.07) is 7.46. The molecule has 180 valence electrons. The lowest BCUT2D eigenvalue weighted by Gasteiger charge is -2.29. The fourth-order valence-corrected chi connectivity index (χ4v) is 5.51. The summed E-state index contributed by atoms with van der Waals surface area (Å²) in [5.41, 5.74) is 5.42. The highest BCUT2D eigenvalue weighted by molar-refractivity contribution is 6.33. The Balaban J connectivity index is 1.36. The van der Waals surface area contributed by atoms with Crippen LogP contribution in [0.25, 0.3) is 11.0 Å². The lowest BCUT2D eigenvalue weighted by molar-refractivity contribution is -0.133. The Hall–Kier alpha value is -3.45. The number of primary amides is 1. The third kappa shape index (κ3) is 3.74. The van der Waals surface area contributed by atoms with Crippen LogP contribution in [0.3, 0.4) is 0 Å². The number of rotatable bonds is 5. The normalized spacial score (nSPS) is 26.6. The number of carbonyl (C=O) groups excluding carboxylic acids is 2. The fourth-order valence-electron chi connectivity index (χ4n) is 5.32. The Morgan fingerprint density at radius 3 is 2.83 bits per heavy atom. The molecule has 1 unspecified atom stereocenters. The molecule has 10 heteroatoms. The summed E-state index contributed by atoms with van der Waals surface area (Å²) in [5.74, 6) is 4.92. The second-order valence-electron chi connectivity index (χ2n) is 8.93. The van der Waals surface area contributed by atoms with E-state index in [1.54, 1.807) is 48.4 Å². The molecular weight excluding hydrogens is 470 g/mol. The largest absolute Gasteiger partial charge is 0.388 e. The molecule has 0 aliphatic heterocycles. The first-order valence-corrected chi connectivity index (χ1v) is 11.7. The maximum absolute atomic E-state index is 12.7. The van der Waals surface area contributed by atoms with Crippen LogP contribution in [0.15, 0.2) is 42.9 Å². The first-order chi connectivity index (χ1) is 16.8. The van der Waals surface area contributed by atoms with E-state index < -0.39 is 29.7 Å². The summed E-state index contributed by atoms with van der Waals surface area (Å²) in [7, 11) is 0. The molecule has 0 radical (unpaired) electrons.